The number of aromatic hydroxyl groups is 1. The zero-order valence-corrected chi connectivity index (χ0v) is 9.80. The number of halogens is 1. The highest BCUT2D eigenvalue weighted by atomic mass is 19.1. The number of carbonyl (C=O) groups is 1. The average Bonchev–Trinajstić information content (AvgIpc) is 2.67. The Balaban J connectivity index is 1.82. The normalized spacial score (nSPS) is 26.4. The molecule has 0 saturated carbocycles. The molecule has 2 fully saturated rings. The van der Waals surface area contributed by atoms with E-state index in [2.05, 4.69) is 0 Å². The van der Waals surface area contributed by atoms with Gasteiger partial charge in [0, 0.05) is 19.2 Å². The third-order valence-corrected chi connectivity index (χ3v) is 3.52. The second-order valence-corrected chi connectivity index (χ2v) is 4.83. The quantitative estimate of drug-likeness (QED) is 0.823. The van der Waals surface area contributed by atoms with Crippen LogP contribution >= 0.6 is 0 Å². The molecule has 2 aliphatic rings. The molecule has 0 spiro atoms. The summed E-state index contributed by atoms with van der Waals surface area (Å²) in [5.41, 5.74) is 0.151. The Morgan fingerprint density at radius 3 is 2.61 bits per heavy atom. The standard InChI is InChI=1S/C13H14FNO3/c14-8-1-4-11(12(16)5-8)13(17)15-6-9-2-3-10(7-15)18-9/h1,4-5,9-10,16H,2-3,6-7H2. The molecule has 1 aromatic rings. The summed E-state index contributed by atoms with van der Waals surface area (Å²) in [6, 6.07) is 3.47. The maximum Gasteiger partial charge on any atom is 0.257 e. The van der Waals surface area contributed by atoms with Crippen LogP contribution in [0.25, 0.3) is 0 Å². The number of rotatable bonds is 1. The topological polar surface area (TPSA) is 49.8 Å². The summed E-state index contributed by atoms with van der Waals surface area (Å²) in [5.74, 6) is -1.11. The van der Waals surface area contributed by atoms with Crippen molar-refractivity contribution in [2.75, 3.05) is 13.1 Å². The molecule has 2 unspecified atom stereocenters. The first-order valence-corrected chi connectivity index (χ1v) is 6.07. The lowest BCUT2D eigenvalue weighted by molar-refractivity contribution is -0.0304. The SMILES string of the molecule is O=C(c1ccc(F)cc1O)N1CC2CCC(C1)O2. The summed E-state index contributed by atoms with van der Waals surface area (Å²) in [4.78, 5) is 13.9. The van der Waals surface area contributed by atoms with Crippen molar-refractivity contribution in [3.05, 3.63) is 29.6 Å². The molecule has 5 heteroatoms. The molecule has 2 saturated heterocycles. The molecular formula is C13H14FNO3. The number of fused-ring (bicyclic) bond motifs is 2. The van der Waals surface area contributed by atoms with Crippen molar-refractivity contribution < 1.29 is 19.0 Å². The molecule has 18 heavy (non-hydrogen) atoms. The average molecular weight is 251 g/mol. The number of carbonyl (C=O) groups excluding carboxylic acids is 1. The van der Waals surface area contributed by atoms with Gasteiger partial charge in [-0.25, -0.2) is 4.39 Å². The number of benzene rings is 1. The third-order valence-electron chi connectivity index (χ3n) is 3.52. The van der Waals surface area contributed by atoms with E-state index >= 15 is 0 Å². The molecule has 96 valence electrons. The van der Waals surface area contributed by atoms with Gasteiger partial charge in [0.2, 0.25) is 0 Å². The lowest BCUT2D eigenvalue weighted by atomic mass is 10.1. The van der Waals surface area contributed by atoms with Gasteiger partial charge in [-0.15, -0.1) is 0 Å². The van der Waals surface area contributed by atoms with Crippen LogP contribution in [0.5, 0.6) is 5.75 Å². The van der Waals surface area contributed by atoms with Crippen LogP contribution in [0.1, 0.15) is 23.2 Å². The van der Waals surface area contributed by atoms with E-state index in [4.69, 9.17) is 4.74 Å². The molecule has 1 amide bonds. The van der Waals surface area contributed by atoms with Gasteiger partial charge >= 0.3 is 0 Å². The molecule has 2 heterocycles. The largest absolute Gasteiger partial charge is 0.507 e. The second kappa shape index (κ2) is 4.24. The van der Waals surface area contributed by atoms with Gasteiger partial charge in [-0.1, -0.05) is 0 Å². The number of phenolic OH excluding ortho intramolecular Hbond substituents is 1. The monoisotopic (exact) mass is 251 g/mol. The molecule has 2 bridgehead atoms. The van der Waals surface area contributed by atoms with Crippen molar-refractivity contribution >= 4 is 5.91 Å². The molecule has 1 N–H and O–H groups in total. The Hall–Kier alpha value is -1.62. The van der Waals surface area contributed by atoms with Crippen molar-refractivity contribution in [3.63, 3.8) is 0 Å². The Kier molecular flexibility index (Phi) is 2.70. The summed E-state index contributed by atoms with van der Waals surface area (Å²) in [6.45, 7) is 1.10. The summed E-state index contributed by atoms with van der Waals surface area (Å²) in [7, 11) is 0. The molecule has 2 atom stereocenters. The van der Waals surface area contributed by atoms with Crippen molar-refractivity contribution in [2.24, 2.45) is 0 Å². The van der Waals surface area contributed by atoms with E-state index in [-0.39, 0.29) is 29.4 Å². The minimum atomic E-state index is -0.550. The molecule has 0 aromatic heterocycles. The van der Waals surface area contributed by atoms with E-state index in [1.807, 2.05) is 0 Å². The number of nitrogens with zero attached hydrogens (tertiary/aromatic N) is 1. The van der Waals surface area contributed by atoms with Gasteiger partial charge in [0.25, 0.3) is 5.91 Å². The van der Waals surface area contributed by atoms with Crippen molar-refractivity contribution in [1.29, 1.82) is 0 Å². The number of hydrogen-bond donors (Lipinski definition) is 1. The number of morpholine rings is 1. The first kappa shape index (κ1) is 11.5. The predicted octanol–water partition coefficient (Wildman–Crippen LogP) is 1.53. The smallest absolute Gasteiger partial charge is 0.257 e. The van der Waals surface area contributed by atoms with Gasteiger partial charge in [-0.3, -0.25) is 4.79 Å². The van der Waals surface area contributed by atoms with E-state index in [0.717, 1.165) is 18.9 Å². The van der Waals surface area contributed by atoms with Gasteiger partial charge in [-0.2, -0.15) is 0 Å². The maximum atomic E-state index is 12.9. The number of hydrogen-bond acceptors (Lipinski definition) is 3. The van der Waals surface area contributed by atoms with Gasteiger partial charge < -0.3 is 14.7 Å². The highest BCUT2D eigenvalue weighted by Crippen LogP contribution is 2.28. The maximum absolute atomic E-state index is 12.9. The van der Waals surface area contributed by atoms with Crippen molar-refractivity contribution in [3.8, 4) is 5.75 Å². The van der Waals surface area contributed by atoms with Crippen LogP contribution in [0, 0.1) is 5.82 Å². The molecular weight excluding hydrogens is 237 g/mol. The third kappa shape index (κ3) is 1.95. The van der Waals surface area contributed by atoms with Crippen LogP contribution in [0.3, 0.4) is 0 Å². The van der Waals surface area contributed by atoms with Crippen LogP contribution in [-0.4, -0.2) is 41.2 Å². The Morgan fingerprint density at radius 1 is 1.33 bits per heavy atom. The Morgan fingerprint density at radius 2 is 2.00 bits per heavy atom. The lowest BCUT2D eigenvalue weighted by Crippen LogP contribution is -2.45. The van der Waals surface area contributed by atoms with Crippen LogP contribution < -0.4 is 0 Å². The Bertz CT molecular complexity index is 479. The summed E-state index contributed by atoms with van der Waals surface area (Å²) < 4.78 is 18.5. The van der Waals surface area contributed by atoms with Crippen molar-refractivity contribution in [1.82, 2.24) is 4.90 Å². The van der Waals surface area contributed by atoms with Crippen LogP contribution in [0.2, 0.25) is 0 Å². The first-order valence-electron chi connectivity index (χ1n) is 6.07. The fourth-order valence-electron chi connectivity index (χ4n) is 2.64. The number of likely N-dealkylation sites (tertiary alicyclic amines) is 1. The van der Waals surface area contributed by atoms with Gasteiger partial charge in [-0.05, 0) is 25.0 Å². The van der Waals surface area contributed by atoms with Crippen LogP contribution in [0.4, 0.5) is 4.39 Å². The fourth-order valence-corrected chi connectivity index (χ4v) is 2.64. The highest BCUT2D eigenvalue weighted by molar-refractivity contribution is 5.96. The van der Waals surface area contributed by atoms with Gasteiger partial charge in [0.05, 0.1) is 17.8 Å². The van der Waals surface area contributed by atoms with Crippen molar-refractivity contribution in [2.45, 2.75) is 25.0 Å². The van der Waals surface area contributed by atoms with Crippen LogP contribution in [-0.2, 0) is 4.74 Å². The molecule has 2 aliphatic heterocycles. The van der Waals surface area contributed by atoms with E-state index in [1.165, 1.54) is 12.1 Å². The minimum absolute atomic E-state index is 0.107. The summed E-state index contributed by atoms with van der Waals surface area (Å²) in [6.07, 6.45) is 2.17. The number of ether oxygens (including phenoxy) is 1. The molecule has 4 nitrogen and oxygen atoms in total. The van der Waals surface area contributed by atoms with E-state index in [0.29, 0.717) is 13.1 Å². The lowest BCUT2D eigenvalue weighted by Gasteiger charge is -2.32. The zero-order valence-electron chi connectivity index (χ0n) is 9.80. The fraction of sp³-hybridized carbons (Fsp3) is 0.462. The summed E-state index contributed by atoms with van der Waals surface area (Å²) >= 11 is 0. The Labute approximate surface area is 104 Å². The van der Waals surface area contributed by atoms with Gasteiger partial charge in [0.1, 0.15) is 11.6 Å². The molecule has 0 aliphatic carbocycles. The van der Waals surface area contributed by atoms with Gasteiger partial charge in [0.15, 0.2) is 0 Å². The van der Waals surface area contributed by atoms with E-state index < -0.39 is 5.82 Å². The van der Waals surface area contributed by atoms with E-state index in [1.54, 1.807) is 4.90 Å². The minimum Gasteiger partial charge on any atom is -0.507 e. The van der Waals surface area contributed by atoms with Crippen LogP contribution in [0.15, 0.2) is 18.2 Å². The number of amides is 1. The first-order chi connectivity index (χ1) is 8.63. The zero-order chi connectivity index (χ0) is 12.7. The molecule has 0 radical (unpaired) electrons. The van der Waals surface area contributed by atoms with E-state index in [9.17, 15) is 14.3 Å². The summed E-state index contributed by atoms with van der Waals surface area (Å²) in [5, 5.41) is 9.62. The second-order valence-electron chi connectivity index (χ2n) is 4.83. The molecule has 1 aromatic carbocycles. The highest BCUT2D eigenvalue weighted by Gasteiger charge is 2.36. The number of phenols is 1. The predicted molar refractivity (Wildman–Crippen MR) is 61.9 cm³/mol. The molecule has 3 rings (SSSR count).